The molecule has 8 heteroatoms. The lowest BCUT2D eigenvalue weighted by Crippen LogP contribution is -2.54. The molecule has 0 saturated carbocycles. The molecule has 122 valence electrons. The van der Waals surface area contributed by atoms with E-state index in [1.807, 2.05) is 5.32 Å². The molecule has 0 spiro atoms. The van der Waals surface area contributed by atoms with Crippen LogP contribution in [0.15, 0.2) is 0 Å². The summed E-state index contributed by atoms with van der Waals surface area (Å²) in [5.41, 5.74) is -0.721. The average Bonchev–Trinajstić information content (AvgIpc) is 2.33. The van der Waals surface area contributed by atoms with Crippen molar-refractivity contribution in [1.29, 1.82) is 0 Å². The molecule has 0 radical (unpaired) electrons. The van der Waals surface area contributed by atoms with Gasteiger partial charge in [-0.25, -0.2) is 4.79 Å². The van der Waals surface area contributed by atoms with Crippen molar-refractivity contribution < 1.29 is 27.5 Å². The molecule has 21 heavy (non-hydrogen) atoms. The number of nitrogens with one attached hydrogen (secondary N) is 1. The maximum atomic E-state index is 12.1. The number of likely N-dealkylation sites (tertiary alicyclic amines) is 1. The van der Waals surface area contributed by atoms with Gasteiger partial charge in [0.25, 0.3) is 0 Å². The van der Waals surface area contributed by atoms with E-state index in [1.165, 1.54) is 4.90 Å². The van der Waals surface area contributed by atoms with Gasteiger partial charge in [0.2, 0.25) is 5.91 Å². The first-order valence-electron chi connectivity index (χ1n) is 6.84. The monoisotopic (exact) mass is 310 g/mol. The fraction of sp³-hybridized carbons (Fsp3) is 0.846. The highest BCUT2D eigenvalue weighted by Gasteiger charge is 2.36. The lowest BCUT2D eigenvalue weighted by atomic mass is 10.0. The van der Waals surface area contributed by atoms with Crippen LogP contribution in [0.4, 0.5) is 18.0 Å². The van der Waals surface area contributed by atoms with E-state index in [-0.39, 0.29) is 0 Å². The van der Waals surface area contributed by atoms with E-state index in [4.69, 9.17) is 4.74 Å². The molecule has 0 aromatic rings. The fourth-order valence-corrected chi connectivity index (χ4v) is 2.05. The molecular formula is C13H21F3N2O3. The van der Waals surface area contributed by atoms with Crippen LogP contribution < -0.4 is 5.32 Å². The molecule has 1 aliphatic rings. The Morgan fingerprint density at radius 3 is 2.38 bits per heavy atom. The summed E-state index contributed by atoms with van der Waals surface area (Å²) < 4.78 is 41.6. The van der Waals surface area contributed by atoms with Crippen LogP contribution in [0.2, 0.25) is 0 Å². The van der Waals surface area contributed by atoms with Gasteiger partial charge >= 0.3 is 12.3 Å². The number of rotatable bonds is 2. The predicted molar refractivity (Wildman–Crippen MR) is 69.6 cm³/mol. The van der Waals surface area contributed by atoms with Crippen LogP contribution in [0, 0.1) is 0 Å². The van der Waals surface area contributed by atoms with Crippen LogP contribution in [-0.4, -0.2) is 47.8 Å². The Balaban J connectivity index is 2.68. The van der Waals surface area contributed by atoms with Gasteiger partial charge in [-0.2, -0.15) is 13.2 Å². The zero-order valence-corrected chi connectivity index (χ0v) is 12.4. The standard InChI is InChI=1S/C13H21F3N2O3/c1-12(2,3)21-11(20)18-7-5-4-6-9(18)10(19)17-8-13(14,15)16/h9H,4-8H2,1-3H3,(H,17,19)/t9-/m0/s1. The molecule has 5 nitrogen and oxygen atoms in total. The summed E-state index contributed by atoms with van der Waals surface area (Å²) in [5.74, 6) is -0.794. The summed E-state index contributed by atoms with van der Waals surface area (Å²) in [4.78, 5) is 25.1. The van der Waals surface area contributed by atoms with Gasteiger partial charge in [-0.1, -0.05) is 0 Å². The van der Waals surface area contributed by atoms with Crippen LogP contribution in [-0.2, 0) is 9.53 Å². The number of halogens is 3. The summed E-state index contributed by atoms with van der Waals surface area (Å²) in [5, 5.41) is 1.83. The highest BCUT2D eigenvalue weighted by molar-refractivity contribution is 5.85. The third kappa shape index (κ3) is 6.22. The Morgan fingerprint density at radius 1 is 1.24 bits per heavy atom. The van der Waals surface area contributed by atoms with Crippen molar-refractivity contribution in [1.82, 2.24) is 10.2 Å². The predicted octanol–water partition coefficient (Wildman–Crippen LogP) is 2.45. The molecule has 0 unspecified atom stereocenters. The first-order valence-corrected chi connectivity index (χ1v) is 6.84. The zero-order chi connectivity index (χ0) is 16.3. The van der Waals surface area contributed by atoms with Crippen molar-refractivity contribution in [3.63, 3.8) is 0 Å². The maximum Gasteiger partial charge on any atom is 0.410 e. The van der Waals surface area contributed by atoms with Crippen molar-refractivity contribution in [3.05, 3.63) is 0 Å². The first-order chi connectivity index (χ1) is 9.49. The molecule has 1 N–H and O–H groups in total. The Hall–Kier alpha value is -1.47. The zero-order valence-electron chi connectivity index (χ0n) is 12.4. The summed E-state index contributed by atoms with van der Waals surface area (Å²) in [6.07, 6.45) is -3.43. The number of carbonyl (C=O) groups is 2. The smallest absolute Gasteiger partial charge is 0.410 e. The van der Waals surface area contributed by atoms with Crippen LogP contribution in [0.5, 0.6) is 0 Å². The van der Waals surface area contributed by atoms with Gasteiger partial charge in [0, 0.05) is 6.54 Å². The van der Waals surface area contributed by atoms with E-state index in [0.717, 1.165) is 0 Å². The largest absolute Gasteiger partial charge is 0.444 e. The summed E-state index contributed by atoms with van der Waals surface area (Å²) in [6.45, 7) is 3.97. The number of carbonyl (C=O) groups excluding carboxylic acids is 2. The number of hydrogen-bond donors (Lipinski definition) is 1. The molecule has 0 aliphatic carbocycles. The number of alkyl halides is 3. The fourth-order valence-electron chi connectivity index (χ4n) is 2.05. The third-order valence-electron chi connectivity index (χ3n) is 2.90. The van der Waals surface area contributed by atoms with Gasteiger partial charge in [-0.05, 0) is 40.0 Å². The van der Waals surface area contributed by atoms with E-state index in [0.29, 0.717) is 25.8 Å². The SMILES string of the molecule is CC(C)(C)OC(=O)N1CCCC[C@H]1C(=O)NCC(F)(F)F. The maximum absolute atomic E-state index is 12.1. The molecule has 1 atom stereocenters. The van der Waals surface area contributed by atoms with Gasteiger partial charge in [-0.3, -0.25) is 9.69 Å². The van der Waals surface area contributed by atoms with Gasteiger partial charge < -0.3 is 10.1 Å². The second-order valence-electron chi connectivity index (χ2n) is 6.02. The van der Waals surface area contributed by atoms with Crippen molar-refractivity contribution in [2.45, 2.75) is 57.9 Å². The highest BCUT2D eigenvalue weighted by atomic mass is 19.4. The Labute approximate surface area is 121 Å². The molecule has 1 aliphatic heterocycles. The van der Waals surface area contributed by atoms with Crippen molar-refractivity contribution in [3.8, 4) is 0 Å². The number of piperidine rings is 1. The topological polar surface area (TPSA) is 58.6 Å². The molecular weight excluding hydrogens is 289 g/mol. The Bertz CT molecular complexity index is 391. The van der Waals surface area contributed by atoms with Crippen LogP contribution in [0.1, 0.15) is 40.0 Å². The lowest BCUT2D eigenvalue weighted by molar-refractivity contribution is -0.142. The minimum Gasteiger partial charge on any atom is -0.444 e. The van der Waals surface area contributed by atoms with Crippen LogP contribution >= 0.6 is 0 Å². The second kappa shape index (κ2) is 6.53. The van der Waals surface area contributed by atoms with E-state index >= 15 is 0 Å². The van der Waals surface area contributed by atoms with Crippen molar-refractivity contribution >= 4 is 12.0 Å². The van der Waals surface area contributed by atoms with Gasteiger partial charge in [0.1, 0.15) is 18.2 Å². The Morgan fingerprint density at radius 2 is 1.86 bits per heavy atom. The number of ether oxygens (including phenoxy) is 1. The van der Waals surface area contributed by atoms with E-state index in [2.05, 4.69) is 0 Å². The molecule has 1 rings (SSSR count). The highest BCUT2D eigenvalue weighted by Crippen LogP contribution is 2.21. The van der Waals surface area contributed by atoms with Crippen LogP contribution in [0.25, 0.3) is 0 Å². The van der Waals surface area contributed by atoms with Gasteiger partial charge in [0.05, 0.1) is 0 Å². The van der Waals surface area contributed by atoms with E-state index in [1.54, 1.807) is 20.8 Å². The molecule has 1 fully saturated rings. The van der Waals surface area contributed by atoms with Crippen molar-refractivity contribution in [2.75, 3.05) is 13.1 Å². The first kappa shape index (κ1) is 17.6. The van der Waals surface area contributed by atoms with Gasteiger partial charge in [0.15, 0.2) is 0 Å². The molecule has 1 heterocycles. The Kier molecular flexibility index (Phi) is 5.47. The lowest BCUT2D eigenvalue weighted by Gasteiger charge is -2.35. The summed E-state index contributed by atoms with van der Waals surface area (Å²) >= 11 is 0. The van der Waals surface area contributed by atoms with Gasteiger partial charge in [-0.15, -0.1) is 0 Å². The number of hydrogen-bond acceptors (Lipinski definition) is 3. The third-order valence-corrected chi connectivity index (χ3v) is 2.90. The molecule has 2 amide bonds. The summed E-state index contributed by atoms with van der Waals surface area (Å²) in [6, 6.07) is -0.907. The molecule has 0 aromatic carbocycles. The van der Waals surface area contributed by atoms with Crippen molar-refractivity contribution in [2.24, 2.45) is 0 Å². The minimum atomic E-state index is -4.47. The quantitative estimate of drug-likeness (QED) is 0.852. The number of nitrogens with zero attached hydrogens (tertiary/aromatic N) is 1. The second-order valence-corrected chi connectivity index (χ2v) is 6.02. The van der Waals surface area contributed by atoms with E-state index in [9.17, 15) is 22.8 Å². The normalized spacial score (nSPS) is 20.1. The molecule has 0 aromatic heterocycles. The van der Waals surface area contributed by atoms with Crippen LogP contribution in [0.3, 0.4) is 0 Å². The molecule has 0 bridgehead atoms. The minimum absolute atomic E-state index is 0.305. The summed E-state index contributed by atoms with van der Waals surface area (Å²) in [7, 11) is 0. The van der Waals surface area contributed by atoms with E-state index < -0.39 is 36.4 Å². The molecule has 1 saturated heterocycles. The number of amides is 2. The average molecular weight is 310 g/mol.